The molecule has 1 atom stereocenters. The van der Waals surface area contributed by atoms with Crippen molar-refractivity contribution in [2.45, 2.75) is 58.5 Å². The molecule has 1 unspecified atom stereocenters. The average molecular weight is 385 g/mol. The van der Waals surface area contributed by atoms with Crippen molar-refractivity contribution < 1.29 is 0 Å². The topological polar surface area (TPSA) is 63.6 Å². The molecule has 148 valence electrons. The van der Waals surface area contributed by atoms with E-state index >= 15 is 0 Å². The van der Waals surface area contributed by atoms with Crippen LogP contribution in [0.4, 0.5) is 0 Å². The van der Waals surface area contributed by atoms with Crippen LogP contribution in [0.1, 0.15) is 62.6 Å². The van der Waals surface area contributed by atoms with Gasteiger partial charge in [0.05, 0.1) is 5.71 Å². The van der Waals surface area contributed by atoms with Crippen molar-refractivity contribution in [3.05, 3.63) is 53.3 Å². The Bertz CT molecular complexity index is 1030. The minimum atomic E-state index is -0.594. The summed E-state index contributed by atoms with van der Waals surface area (Å²) in [7, 11) is 0. The lowest BCUT2D eigenvalue weighted by Gasteiger charge is -2.36. The molecule has 1 aliphatic heterocycles. The zero-order valence-electron chi connectivity index (χ0n) is 17.5. The van der Waals surface area contributed by atoms with Crippen molar-refractivity contribution in [3.63, 3.8) is 0 Å². The highest BCUT2D eigenvalue weighted by molar-refractivity contribution is 6.41. The summed E-state index contributed by atoms with van der Waals surface area (Å²) in [6, 6.07) is 8.64. The van der Waals surface area contributed by atoms with E-state index in [4.69, 9.17) is 15.7 Å². The molecule has 0 bridgehead atoms. The van der Waals surface area contributed by atoms with Crippen molar-refractivity contribution >= 4 is 11.5 Å². The van der Waals surface area contributed by atoms with E-state index in [0.29, 0.717) is 11.8 Å². The molecule has 2 heterocycles. The zero-order valence-corrected chi connectivity index (χ0v) is 17.5. The number of aromatic nitrogens is 1. The van der Waals surface area contributed by atoms with Gasteiger partial charge in [0.15, 0.2) is 5.66 Å². The fraction of sp³-hybridized carbons (Fsp3) is 0.400. The number of hydrogen-bond donors (Lipinski definition) is 1. The second kappa shape index (κ2) is 7.83. The fourth-order valence-corrected chi connectivity index (χ4v) is 4.64. The summed E-state index contributed by atoms with van der Waals surface area (Å²) in [6.07, 6.45) is 9.73. The quantitative estimate of drug-likeness (QED) is 0.758. The lowest BCUT2D eigenvalue weighted by atomic mass is 9.75. The summed E-state index contributed by atoms with van der Waals surface area (Å²) in [5.41, 5.74) is 12.0. The maximum Gasteiger partial charge on any atom is 0.181 e. The smallest absolute Gasteiger partial charge is 0.181 e. The first-order valence-electron chi connectivity index (χ1n) is 10.4. The number of nitrogens with zero attached hydrogens (tertiary/aromatic N) is 3. The molecule has 4 rings (SSSR count). The van der Waals surface area contributed by atoms with E-state index in [-0.39, 0.29) is 0 Å². The Balaban J connectivity index is 1.85. The second-order valence-corrected chi connectivity index (χ2v) is 8.12. The normalized spacial score (nSPS) is 21.9. The van der Waals surface area contributed by atoms with E-state index < -0.39 is 5.66 Å². The highest BCUT2D eigenvalue weighted by Gasteiger charge is 2.44. The summed E-state index contributed by atoms with van der Waals surface area (Å²) >= 11 is 0. The molecule has 0 amide bonds. The Morgan fingerprint density at radius 1 is 1.00 bits per heavy atom. The number of pyridine rings is 1. The molecule has 1 aromatic heterocycles. The van der Waals surface area contributed by atoms with Gasteiger partial charge in [-0.05, 0) is 56.9 Å². The van der Waals surface area contributed by atoms with E-state index in [9.17, 15) is 0 Å². The number of rotatable bonds is 3. The molecular weight excluding hydrogens is 356 g/mol. The molecular formula is C25H28N4. The molecule has 0 saturated heterocycles. The number of aliphatic imine (C=N–C) groups is 2. The molecule has 4 heteroatoms. The maximum absolute atomic E-state index is 6.24. The van der Waals surface area contributed by atoms with Crippen LogP contribution in [-0.2, 0) is 5.66 Å². The fourth-order valence-electron chi connectivity index (χ4n) is 4.64. The van der Waals surface area contributed by atoms with Gasteiger partial charge < -0.3 is 5.73 Å². The molecule has 1 fully saturated rings. The van der Waals surface area contributed by atoms with Crippen LogP contribution >= 0.6 is 0 Å². The van der Waals surface area contributed by atoms with Gasteiger partial charge in [-0.1, -0.05) is 37.3 Å². The highest BCUT2D eigenvalue weighted by Crippen LogP contribution is 2.47. The monoisotopic (exact) mass is 384 g/mol. The number of amidine groups is 1. The van der Waals surface area contributed by atoms with Crippen LogP contribution in [0.2, 0.25) is 0 Å². The van der Waals surface area contributed by atoms with E-state index in [0.717, 1.165) is 40.8 Å². The Hall–Kier alpha value is -2.93. The third-order valence-electron chi connectivity index (χ3n) is 6.15. The van der Waals surface area contributed by atoms with Crippen LogP contribution in [0.3, 0.4) is 0 Å². The first-order valence-corrected chi connectivity index (χ1v) is 10.4. The lowest BCUT2D eigenvalue weighted by Crippen LogP contribution is -2.33. The predicted octanol–water partition coefficient (Wildman–Crippen LogP) is 4.99. The largest absolute Gasteiger partial charge is 0.382 e. The number of aryl methyl sites for hydroxylation is 1. The van der Waals surface area contributed by atoms with Crippen molar-refractivity contribution in [2.24, 2.45) is 21.6 Å². The number of benzene rings is 1. The van der Waals surface area contributed by atoms with E-state index in [1.807, 2.05) is 20.0 Å². The van der Waals surface area contributed by atoms with Crippen LogP contribution in [-0.4, -0.2) is 16.5 Å². The van der Waals surface area contributed by atoms with E-state index in [1.165, 1.54) is 24.8 Å². The first-order chi connectivity index (χ1) is 14.0. The highest BCUT2D eigenvalue weighted by atomic mass is 15.2. The van der Waals surface area contributed by atoms with Gasteiger partial charge in [-0.25, -0.2) is 4.99 Å². The first kappa shape index (κ1) is 19.4. The Morgan fingerprint density at radius 3 is 2.48 bits per heavy atom. The van der Waals surface area contributed by atoms with Gasteiger partial charge in [0.25, 0.3) is 0 Å². The molecule has 0 radical (unpaired) electrons. The maximum atomic E-state index is 6.24. The lowest BCUT2D eigenvalue weighted by molar-refractivity contribution is 0.219. The Morgan fingerprint density at radius 2 is 1.79 bits per heavy atom. The van der Waals surface area contributed by atoms with Crippen molar-refractivity contribution in [3.8, 4) is 23.0 Å². The second-order valence-electron chi connectivity index (χ2n) is 8.12. The standard InChI is InChI=1S/C25H28N4/c1-4-8-19-13-21(16-27-15-19)20-12-11-17(2)23(14-20)25(22-9-6-5-7-10-22)28-18(3)24(26)29-25/h11-16,22H,5-7,9-10H2,1-3H3,(H2,26,29). The van der Waals surface area contributed by atoms with E-state index in [2.05, 4.69) is 48.0 Å². The van der Waals surface area contributed by atoms with Gasteiger partial charge in [-0.3, -0.25) is 9.98 Å². The van der Waals surface area contributed by atoms with Gasteiger partial charge in [0, 0.05) is 35.0 Å². The van der Waals surface area contributed by atoms with Crippen LogP contribution in [0, 0.1) is 24.7 Å². The number of nitrogens with two attached hydrogens (primary N) is 1. The van der Waals surface area contributed by atoms with Crippen molar-refractivity contribution in [1.29, 1.82) is 0 Å². The minimum absolute atomic E-state index is 0.386. The number of hydrogen-bond acceptors (Lipinski definition) is 4. The third-order valence-corrected chi connectivity index (χ3v) is 6.15. The third kappa shape index (κ3) is 3.58. The molecule has 1 saturated carbocycles. The molecule has 2 aromatic rings. The molecule has 4 nitrogen and oxygen atoms in total. The van der Waals surface area contributed by atoms with Gasteiger partial charge in [-0.2, -0.15) is 0 Å². The molecule has 1 aromatic carbocycles. The van der Waals surface area contributed by atoms with Gasteiger partial charge in [0.1, 0.15) is 5.84 Å². The summed E-state index contributed by atoms with van der Waals surface area (Å²) in [6.45, 7) is 5.96. The van der Waals surface area contributed by atoms with Crippen LogP contribution in [0.5, 0.6) is 0 Å². The van der Waals surface area contributed by atoms with Crippen LogP contribution in [0.25, 0.3) is 11.1 Å². The van der Waals surface area contributed by atoms with Crippen molar-refractivity contribution in [2.75, 3.05) is 0 Å². The summed E-state index contributed by atoms with van der Waals surface area (Å²) in [5.74, 6) is 7.00. The van der Waals surface area contributed by atoms with Gasteiger partial charge >= 0.3 is 0 Å². The summed E-state index contributed by atoms with van der Waals surface area (Å²) < 4.78 is 0. The molecule has 0 spiro atoms. The van der Waals surface area contributed by atoms with E-state index in [1.54, 1.807) is 6.20 Å². The minimum Gasteiger partial charge on any atom is -0.382 e. The predicted molar refractivity (Wildman–Crippen MR) is 120 cm³/mol. The molecule has 2 N–H and O–H groups in total. The molecule has 29 heavy (non-hydrogen) atoms. The van der Waals surface area contributed by atoms with Crippen LogP contribution < -0.4 is 5.73 Å². The van der Waals surface area contributed by atoms with Gasteiger partial charge in [0.2, 0.25) is 0 Å². The van der Waals surface area contributed by atoms with Gasteiger partial charge in [-0.15, -0.1) is 5.92 Å². The zero-order chi connectivity index (χ0) is 20.4. The molecule has 2 aliphatic rings. The Kier molecular flexibility index (Phi) is 5.24. The Labute approximate surface area is 173 Å². The summed E-state index contributed by atoms with van der Waals surface area (Å²) in [5, 5.41) is 0. The molecule has 1 aliphatic carbocycles. The summed E-state index contributed by atoms with van der Waals surface area (Å²) in [4.78, 5) is 14.5. The van der Waals surface area contributed by atoms with Crippen LogP contribution in [0.15, 0.2) is 46.6 Å². The SMILES string of the molecule is CC#Cc1cncc(-c2ccc(C)c(C3(C4CCCCC4)N=C(C)C(N)=N3)c2)c1. The van der Waals surface area contributed by atoms with Crippen molar-refractivity contribution in [1.82, 2.24) is 4.98 Å². The average Bonchev–Trinajstić information content (AvgIpc) is 3.05.